The molecule has 8 rings (SSSR count). The van der Waals surface area contributed by atoms with E-state index in [0.29, 0.717) is 48.0 Å². The van der Waals surface area contributed by atoms with E-state index in [9.17, 15) is 9.59 Å². The first-order chi connectivity index (χ1) is 26.6. The Labute approximate surface area is 337 Å². The monoisotopic (exact) mass is 758 g/mol. The molecule has 56 heavy (non-hydrogen) atoms. The Morgan fingerprint density at radius 3 is 2.16 bits per heavy atom. The number of carbonyl (C=O) groups is 2. The van der Waals surface area contributed by atoms with Gasteiger partial charge in [-0.05, 0) is 164 Å². The van der Waals surface area contributed by atoms with E-state index >= 15 is 0 Å². The van der Waals surface area contributed by atoms with Gasteiger partial charge < -0.3 is 15.2 Å². The van der Waals surface area contributed by atoms with Gasteiger partial charge in [-0.2, -0.15) is 0 Å². The van der Waals surface area contributed by atoms with Gasteiger partial charge in [-0.15, -0.1) is 0 Å². The number of carbonyl (C=O) groups excluding carboxylic acids is 2. The number of hydrogen-bond acceptors (Lipinski definition) is 5. The molecule has 300 valence electrons. The zero-order chi connectivity index (χ0) is 39.7. The Morgan fingerprint density at radius 1 is 0.768 bits per heavy atom. The van der Waals surface area contributed by atoms with E-state index in [2.05, 4.69) is 60.3 Å². The molecule has 2 N–H and O–H groups in total. The second kappa shape index (κ2) is 14.1. The maximum atomic E-state index is 14.0. The first-order valence-electron chi connectivity index (χ1n) is 21.9. The van der Waals surface area contributed by atoms with Gasteiger partial charge in [0.1, 0.15) is 18.6 Å². The molecule has 1 unspecified atom stereocenters. The predicted molar refractivity (Wildman–Crippen MR) is 224 cm³/mol. The van der Waals surface area contributed by atoms with Gasteiger partial charge in [-0.1, -0.05) is 107 Å². The van der Waals surface area contributed by atoms with Crippen molar-refractivity contribution in [1.29, 1.82) is 0 Å². The van der Waals surface area contributed by atoms with Gasteiger partial charge in [0, 0.05) is 5.54 Å². The third kappa shape index (κ3) is 6.11. The molecule has 0 spiro atoms. The number of nitrogens with two attached hydrogens (primary N) is 1. The van der Waals surface area contributed by atoms with Crippen LogP contribution in [0.5, 0.6) is 0 Å². The smallest absolute Gasteiger partial charge is 0.338 e. The zero-order valence-electron chi connectivity index (χ0n) is 35.1. The fraction of sp³-hybridized carbons (Fsp3) is 0.608. The molecule has 5 nitrogen and oxygen atoms in total. The first-order valence-corrected chi connectivity index (χ1v) is 21.9. The molecule has 6 aliphatic carbocycles. The van der Waals surface area contributed by atoms with Gasteiger partial charge in [0.25, 0.3) is 0 Å². The molecule has 5 heteroatoms. The molecule has 4 fully saturated rings. The number of fused-ring (bicyclic) bond motifs is 7. The maximum Gasteiger partial charge on any atom is 0.338 e. The van der Waals surface area contributed by atoms with Crippen LogP contribution in [-0.4, -0.2) is 24.1 Å². The van der Waals surface area contributed by atoms with Crippen LogP contribution < -0.4 is 5.73 Å². The fourth-order valence-corrected chi connectivity index (χ4v) is 14.6. The lowest BCUT2D eigenvalue weighted by Gasteiger charge is -2.72. The Morgan fingerprint density at radius 2 is 1.48 bits per heavy atom. The molecule has 0 aliphatic heterocycles. The average Bonchev–Trinajstić information content (AvgIpc) is 3.55. The van der Waals surface area contributed by atoms with E-state index in [-0.39, 0.29) is 46.4 Å². The number of benzene rings is 2. The molecule has 0 bridgehead atoms. The van der Waals surface area contributed by atoms with Crippen molar-refractivity contribution in [2.24, 2.45) is 62.4 Å². The first kappa shape index (κ1) is 39.4. The van der Waals surface area contributed by atoms with E-state index in [1.165, 1.54) is 55.2 Å². The third-order valence-corrected chi connectivity index (χ3v) is 17.8. The van der Waals surface area contributed by atoms with Crippen LogP contribution in [0.3, 0.4) is 0 Å². The van der Waals surface area contributed by atoms with Crippen LogP contribution in [0.1, 0.15) is 135 Å². The Kier molecular flexibility index (Phi) is 9.94. The van der Waals surface area contributed by atoms with Crippen molar-refractivity contribution in [2.45, 2.75) is 131 Å². The van der Waals surface area contributed by atoms with Crippen molar-refractivity contribution in [1.82, 2.24) is 0 Å². The standard InChI is InChI=1S/C51H67NO4/c1-34(2)38-22-29-51(52)31-30-48(6)40(43(38)51)18-19-42-47(5)25-23-39(46(3,4)41(47)24-26-49(42,48)7)36-20-27-50(28-21-36,33-56-44(53)37-16-12-9-13-17-37)45(54)55-32-35-14-10-8-11-15-35/h8-17,20,23,38,40-43H,1,18-19,21-22,24-33,52H2,2-7H3/t38-,40+,41-,42+,43+,47-,48+,49+,50?,51-/m0/s1. The van der Waals surface area contributed by atoms with Crippen molar-refractivity contribution < 1.29 is 19.1 Å². The molecule has 0 amide bonds. The Hall–Kier alpha value is -3.44. The molecular weight excluding hydrogens is 691 g/mol. The maximum absolute atomic E-state index is 14.0. The van der Waals surface area contributed by atoms with Gasteiger partial charge in [-0.3, -0.25) is 4.79 Å². The molecule has 2 aromatic carbocycles. The Bertz CT molecular complexity index is 1910. The SMILES string of the molecule is C=C(C)[C@@H]1CC[C@]2(N)CC[C@]3(C)[C@H](CC[C@@H]4[C@@]5(C)CC=C(C6=CCC(COC(=O)c7ccccc7)(C(=O)OCc7ccccc7)CC6)C(C)(C)[C@@H]5CC[C@]43C)[C@@H]12. The van der Waals surface area contributed by atoms with E-state index < -0.39 is 11.4 Å². The molecule has 4 saturated carbocycles. The van der Waals surface area contributed by atoms with E-state index in [1.54, 1.807) is 12.1 Å². The van der Waals surface area contributed by atoms with E-state index in [4.69, 9.17) is 15.2 Å². The minimum absolute atomic E-state index is 0.000535. The van der Waals surface area contributed by atoms with Crippen molar-refractivity contribution in [3.05, 3.63) is 107 Å². The molecule has 0 saturated heterocycles. The summed E-state index contributed by atoms with van der Waals surface area (Å²) in [7, 11) is 0. The lowest BCUT2D eigenvalue weighted by molar-refractivity contribution is -0.219. The highest BCUT2D eigenvalue weighted by molar-refractivity contribution is 5.89. The van der Waals surface area contributed by atoms with E-state index in [1.807, 2.05) is 48.5 Å². The van der Waals surface area contributed by atoms with Gasteiger partial charge >= 0.3 is 11.9 Å². The van der Waals surface area contributed by atoms with Crippen molar-refractivity contribution in [2.75, 3.05) is 6.61 Å². The van der Waals surface area contributed by atoms with Crippen LogP contribution in [0, 0.1) is 56.7 Å². The van der Waals surface area contributed by atoms with Gasteiger partial charge in [0.05, 0.1) is 5.56 Å². The molecular formula is C51H67NO4. The highest BCUT2D eigenvalue weighted by Crippen LogP contribution is 2.76. The summed E-state index contributed by atoms with van der Waals surface area (Å²) in [5, 5.41) is 0. The largest absolute Gasteiger partial charge is 0.461 e. The van der Waals surface area contributed by atoms with Gasteiger partial charge in [0.2, 0.25) is 0 Å². The molecule has 10 atom stereocenters. The van der Waals surface area contributed by atoms with Gasteiger partial charge in [0.15, 0.2) is 0 Å². The Balaban J connectivity index is 1.04. The van der Waals surface area contributed by atoms with Crippen LogP contribution in [0.2, 0.25) is 0 Å². The second-order valence-corrected chi connectivity index (χ2v) is 20.7. The topological polar surface area (TPSA) is 78.6 Å². The number of allylic oxidation sites excluding steroid dienone is 5. The minimum Gasteiger partial charge on any atom is -0.461 e. The highest BCUT2D eigenvalue weighted by atomic mass is 16.6. The fourth-order valence-electron chi connectivity index (χ4n) is 14.6. The number of rotatable bonds is 8. The third-order valence-electron chi connectivity index (χ3n) is 17.8. The normalized spacial score (nSPS) is 39.7. The number of esters is 2. The summed E-state index contributed by atoms with van der Waals surface area (Å²) in [4.78, 5) is 27.1. The van der Waals surface area contributed by atoms with Gasteiger partial charge in [-0.25, -0.2) is 4.79 Å². The predicted octanol–water partition coefficient (Wildman–Crippen LogP) is 11.6. The number of hydrogen-bond donors (Lipinski definition) is 1. The lowest BCUT2D eigenvalue weighted by atomic mass is 9.33. The summed E-state index contributed by atoms with van der Waals surface area (Å²) in [6, 6.07) is 18.8. The second-order valence-electron chi connectivity index (χ2n) is 20.7. The molecule has 6 aliphatic rings. The van der Waals surface area contributed by atoms with Crippen molar-refractivity contribution in [3.8, 4) is 0 Å². The van der Waals surface area contributed by atoms with Crippen molar-refractivity contribution >= 4 is 11.9 Å². The zero-order valence-corrected chi connectivity index (χ0v) is 35.1. The molecule has 0 radical (unpaired) electrons. The van der Waals surface area contributed by atoms with Crippen LogP contribution in [0.25, 0.3) is 0 Å². The summed E-state index contributed by atoms with van der Waals surface area (Å²) >= 11 is 0. The minimum atomic E-state index is -0.930. The molecule has 0 heterocycles. The molecule has 2 aromatic rings. The van der Waals surface area contributed by atoms with Crippen LogP contribution >= 0.6 is 0 Å². The average molecular weight is 758 g/mol. The lowest BCUT2D eigenvalue weighted by Crippen LogP contribution is -2.67. The molecule has 0 aromatic heterocycles. The van der Waals surface area contributed by atoms with Crippen LogP contribution in [0.15, 0.2) is 96.1 Å². The summed E-state index contributed by atoms with van der Waals surface area (Å²) < 4.78 is 11.9. The van der Waals surface area contributed by atoms with Crippen LogP contribution in [0.4, 0.5) is 0 Å². The highest BCUT2D eigenvalue weighted by Gasteiger charge is 2.70. The number of ether oxygens (including phenoxy) is 2. The summed E-state index contributed by atoms with van der Waals surface area (Å²) in [6.45, 7) is 20.0. The summed E-state index contributed by atoms with van der Waals surface area (Å²) in [5.41, 5.74) is 12.8. The van der Waals surface area contributed by atoms with Crippen molar-refractivity contribution in [3.63, 3.8) is 0 Å². The summed E-state index contributed by atoms with van der Waals surface area (Å²) in [5.74, 6) is 2.36. The quantitative estimate of drug-likeness (QED) is 0.214. The van der Waals surface area contributed by atoms with E-state index in [0.717, 1.165) is 31.2 Å². The summed E-state index contributed by atoms with van der Waals surface area (Å²) in [6.07, 6.45) is 17.8. The van der Waals surface area contributed by atoms with Crippen LogP contribution in [-0.2, 0) is 20.9 Å².